The van der Waals surface area contributed by atoms with E-state index in [9.17, 15) is 4.79 Å². The monoisotopic (exact) mass is 196 g/mol. The van der Waals surface area contributed by atoms with Crippen LogP contribution in [0.5, 0.6) is 0 Å². The summed E-state index contributed by atoms with van der Waals surface area (Å²) in [4.78, 5) is 16.8. The molecule has 0 saturated heterocycles. The fraction of sp³-hybridized carbons (Fsp3) is 0.556. The Bertz CT molecular complexity index is 368. The molecule has 1 aromatic heterocycles. The lowest BCUT2D eigenvalue weighted by atomic mass is 9.78. The molecule has 3 nitrogen and oxygen atoms in total. The molecule has 1 aliphatic carbocycles. The quantitative estimate of drug-likeness (QED) is 0.689. The predicted molar refractivity (Wildman–Crippen MR) is 53.0 cm³/mol. The van der Waals surface area contributed by atoms with Gasteiger partial charge in [0.15, 0.2) is 10.9 Å². The van der Waals surface area contributed by atoms with Crippen LogP contribution in [0.1, 0.15) is 35.6 Å². The first-order valence-corrected chi connectivity index (χ1v) is 5.12. The molecule has 2 N–H and O–H groups in total. The van der Waals surface area contributed by atoms with Crippen LogP contribution in [-0.2, 0) is 6.42 Å². The number of nitrogen functional groups attached to an aromatic ring is 1. The number of thiazole rings is 1. The molecule has 4 heteroatoms. The van der Waals surface area contributed by atoms with E-state index in [2.05, 4.69) is 4.98 Å². The van der Waals surface area contributed by atoms with Crippen molar-refractivity contribution < 1.29 is 4.79 Å². The minimum absolute atomic E-state index is 0.197. The van der Waals surface area contributed by atoms with Crippen LogP contribution in [0.15, 0.2) is 0 Å². The minimum Gasteiger partial charge on any atom is -0.375 e. The Kier molecular flexibility index (Phi) is 1.70. The number of anilines is 1. The van der Waals surface area contributed by atoms with Crippen LogP contribution in [0.3, 0.4) is 0 Å². The summed E-state index contributed by atoms with van der Waals surface area (Å²) in [7, 11) is 0. The highest BCUT2D eigenvalue weighted by atomic mass is 32.1. The summed E-state index contributed by atoms with van der Waals surface area (Å²) in [5.41, 5.74) is 6.23. The van der Waals surface area contributed by atoms with Crippen molar-refractivity contribution in [2.75, 3.05) is 5.73 Å². The fourth-order valence-corrected chi connectivity index (χ4v) is 2.57. The minimum atomic E-state index is -0.230. The van der Waals surface area contributed by atoms with E-state index < -0.39 is 0 Å². The third-order valence-corrected chi connectivity index (χ3v) is 3.45. The van der Waals surface area contributed by atoms with Gasteiger partial charge in [0.05, 0.1) is 10.6 Å². The van der Waals surface area contributed by atoms with E-state index in [4.69, 9.17) is 5.73 Å². The highest BCUT2D eigenvalue weighted by Crippen LogP contribution is 2.37. The van der Waals surface area contributed by atoms with Gasteiger partial charge in [0, 0.05) is 5.41 Å². The molecule has 1 aromatic rings. The molecule has 1 heterocycles. The van der Waals surface area contributed by atoms with Crippen molar-refractivity contribution in [3.63, 3.8) is 0 Å². The van der Waals surface area contributed by atoms with E-state index in [0.29, 0.717) is 5.13 Å². The number of nitrogens with two attached hydrogens (primary N) is 1. The van der Waals surface area contributed by atoms with Gasteiger partial charge in [-0.2, -0.15) is 0 Å². The van der Waals surface area contributed by atoms with E-state index in [-0.39, 0.29) is 11.2 Å². The van der Waals surface area contributed by atoms with Crippen molar-refractivity contribution in [3.05, 3.63) is 10.6 Å². The van der Waals surface area contributed by atoms with Gasteiger partial charge in [-0.25, -0.2) is 4.98 Å². The summed E-state index contributed by atoms with van der Waals surface area (Å²) in [5.74, 6) is 0.197. The van der Waals surface area contributed by atoms with E-state index in [1.165, 1.54) is 11.3 Å². The Morgan fingerprint density at radius 2 is 2.23 bits per heavy atom. The molecule has 70 valence electrons. The Hall–Kier alpha value is -0.900. The lowest BCUT2D eigenvalue weighted by Gasteiger charge is -2.26. The van der Waals surface area contributed by atoms with Gasteiger partial charge < -0.3 is 5.73 Å². The molecule has 1 aliphatic rings. The number of fused-ring (bicyclic) bond motifs is 1. The fourth-order valence-electron chi connectivity index (χ4n) is 1.57. The molecule has 13 heavy (non-hydrogen) atoms. The average molecular weight is 196 g/mol. The van der Waals surface area contributed by atoms with Crippen molar-refractivity contribution in [2.45, 2.75) is 26.7 Å². The van der Waals surface area contributed by atoms with Gasteiger partial charge in [-0.05, 0) is 12.8 Å². The number of rotatable bonds is 0. The van der Waals surface area contributed by atoms with E-state index in [1.807, 2.05) is 13.8 Å². The smallest absolute Gasteiger partial charge is 0.180 e. The standard InChI is InChI=1S/C9H12N2OS/c1-9(2)4-3-5-6(7(9)12)13-8(10)11-5/h3-4H2,1-2H3,(H2,10,11). The zero-order valence-electron chi connectivity index (χ0n) is 7.76. The Labute approximate surface area is 81.0 Å². The van der Waals surface area contributed by atoms with Crippen molar-refractivity contribution in [1.82, 2.24) is 4.98 Å². The van der Waals surface area contributed by atoms with Gasteiger partial charge in [0.1, 0.15) is 0 Å². The highest BCUT2D eigenvalue weighted by molar-refractivity contribution is 7.17. The number of aryl methyl sites for hydroxylation is 1. The molecule has 0 aliphatic heterocycles. The Morgan fingerprint density at radius 1 is 1.54 bits per heavy atom. The third-order valence-electron chi connectivity index (χ3n) is 2.52. The first-order valence-electron chi connectivity index (χ1n) is 4.31. The summed E-state index contributed by atoms with van der Waals surface area (Å²) >= 11 is 1.32. The molecular formula is C9H12N2OS. The normalized spacial score (nSPS) is 20.0. The molecule has 0 fully saturated rings. The SMILES string of the molecule is CC1(C)CCc2nc(N)sc2C1=O. The molecule has 0 aromatic carbocycles. The van der Waals surface area contributed by atoms with Gasteiger partial charge in [0.25, 0.3) is 0 Å². The van der Waals surface area contributed by atoms with Gasteiger partial charge in [-0.15, -0.1) is 0 Å². The molecule has 0 atom stereocenters. The number of hydrogen-bond acceptors (Lipinski definition) is 4. The second kappa shape index (κ2) is 2.54. The van der Waals surface area contributed by atoms with Crippen molar-refractivity contribution in [3.8, 4) is 0 Å². The lowest BCUT2D eigenvalue weighted by molar-refractivity contribution is 0.0815. The molecule has 0 saturated carbocycles. The number of aromatic nitrogens is 1. The van der Waals surface area contributed by atoms with Crippen LogP contribution in [0.25, 0.3) is 0 Å². The van der Waals surface area contributed by atoms with Crippen LogP contribution in [0, 0.1) is 5.41 Å². The Morgan fingerprint density at radius 3 is 2.92 bits per heavy atom. The molecular weight excluding hydrogens is 184 g/mol. The summed E-state index contributed by atoms with van der Waals surface area (Å²) in [6.07, 6.45) is 1.75. The van der Waals surface area contributed by atoms with Gasteiger partial charge >= 0.3 is 0 Å². The van der Waals surface area contributed by atoms with Crippen LogP contribution >= 0.6 is 11.3 Å². The van der Waals surface area contributed by atoms with Gasteiger partial charge in [-0.3, -0.25) is 4.79 Å². The number of hydrogen-bond donors (Lipinski definition) is 1. The molecule has 2 rings (SSSR count). The summed E-state index contributed by atoms with van der Waals surface area (Å²) < 4.78 is 0. The molecule has 0 unspecified atom stereocenters. The number of ketones is 1. The first-order chi connectivity index (χ1) is 6.00. The largest absolute Gasteiger partial charge is 0.375 e. The number of carbonyl (C=O) groups excluding carboxylic acids is 1. The topological polar surface area (TPSA) is 56.0 Å². The highest BCUT2D eigenvalue weighted by Gasteiger charge is 2.36. The summed E-state index contributed by atoms with van der Waals surface area (Å²) in [5, 5.41) is 0.510. The van der Waals surface area contributed by atoms with Gasteiger partial charge in [0.2, 0.25) is 0 Å². The van der Waals surface area contributed by atoms with Crippen LogP contribution in [0.2, 0.25) is 0 Å². The maximum Gasteiger partial charge on any atom is 0.180 e. The zero-order chi connectivity index (χ0) is 9.64. The summed E-state index contributed by atoms with van der Waals surface area (Å²) in [6.45, 7) is 3.96. The average Bonchev–Trinajstić information content (AvgIpc) is 2.40. The van der Waals surface area contributed by atoms with Crippen molar-refractivity contribution in [1.29, 1.82) is 0 Å². The second-order valence-electron chi connectivity index (χ2n) is 4.04. The maximum absolute atomic E-state index is 11.9. The molecule has 0 spiro atoms. The van der Waals surface area contributed by atoms with E-state index >= 15 is 0 Å². The summed E-state index contributed by atoms with van der Waals surface area (Å²) in [6, 6.07) is 0. The van der Waals surface area contributed by atoms with Crippen molar-refractivity contribution in [2.24, 2.45) is 5.41 Å². The van der Waals surface area contributed by atoms with Crippen LogP contribution < -0.4 is 5.73 Å². The van der Waals surface area contributed by atoms with Crippen molar-refractivity contribution >= 4 is 22.3 Å². The van der Waals surface area contributed by atoms with E-state index in [0.717, 1.165) is 23.4 Å². The molecule has 0 radical (unpaired) electrons. The molecule has 0 bridgehead atoms. The van der Waals surface area contributed by atoms with E-state index in [1.54, 1.807) is 0 Å². The lowest BCUT2D eigenvalue weighted by Crippen LogP contribution is -2.29. The number of nitrogens with zero attached hydrogens (tertiary/aromatic N) is 1. The zero-order valence-corrected chi connectivity index (χ0v) is 8.57. The van der Waals surface area contributed by atoms with Gasteiger partial charge in [-0.1, -0.05) is 25.2 Å². The maximum atomic E-state index is 11.9. The predicted octanol–water partition coefficient (Wildman–Crippen LogP) is 1.88. The number of carbonyl (C=O) groups is 1. The first kappa shape index (κ1) is 8.69. The van der Waals surface area contributed by atoms with Crippen LogP contribution in [0.4, 0.5) is 5.13 Å². The second-order valence-corrected chi connectivity index (χ2v) is 5.07. The van der Waals surface area contributed by atoms with Crippen LogP contribution in [-0.4, -0.2) is 10.8 Å². The Balaban J connectivity index is 2.51. The number of Topliss-reactive ketones (excluding diaryl/α,β-unsaturated/α-hetero) is 1. The third kappa shape index (κ3) is 1.25. The molecule has 0 amide bonds.